The van der Waals surface area contributed by atoms with Crippen LogP contribution in [0.1, 0.15) is 18.4 Å². The molecule has 2 amide bonds. The predicted octanol–water partition coefficient (Wildman–Crippen LogP) is 2.18. The topological polar surface area (TPSA) is 67.2 Å². The van der Waals surface area contributed by atoms with Gasteiger partial charge in [0.15, 0.2) is 6.39 Å². The zero-order chi connectivity index (χ0) is 12.5. The van der Waals surface area contributed by atoms with Gasteiger partial charge < -0.3 is 9.73 Å². The van der Waals surface area contributed by atoms with E-state index in [4.69, 9.17) is 4.42 Å². The third-order valence-corrected chi connectivity index (χ3v) is 3.87. The molecule has 7 heteroatoms. The Morgan fingerprint density at radius 1 is 1.53 bits per heavy atom. The Balaban J connectivity index is 1.98. The Hall–Kier alpha value is -0.820. The highest BCUT2D eigenvalue weighted by Gasteiger charge is 2.03. The first kappa shape index (κ1) is 14.2. The molecule has 0 aliphatic rings. The van der Waals surface area contributed by atoms with Crippen molar-refractivity contribution in [3.63, 3.8) is 0 Å². The van der Waals surface area contributed by atoms with Gasteiger partial charge in [-0.25, -0.2) is 9.78 Å². The number of nitrogens with one attached hydrogen (secondary N) is 2. The molecule has 0 saturated carbocycles. The van der Waals surface area contributed by atoms with Crippen LogP contribution in [-0.2, 0) is 5.75 Å². The third kappa shape index (κ3) is 5.88. The maximum absolute atomic E-state index is 11.0. The van der Waals surface area contributed by atoms with E-state index >= 15 is 0 Å². The first-order chi connectivity index (χ1) is 8.24. The number of aryl methyl sites for hydroxylation is 1. The van der Waals surface area contributed by atoms with Crippen molar-refractivity contribution in [1.82, 2.24) is 15.0 Å². The molecule has 0 aliphatic carbocycles. The molecule has 0 radical (unpaired) electrons. The lowest BCUT2D eigenvalue weighted by molar-refractivity contribution is 0.247. The molecule has 0 aromatic carbocycles. The molecule has 0 saturated heterocycles. The number of aromatic nitrogens is 1. The van der Waals surface area contributed by atoms with Gasteiger partial charge in [-0.05, 0) is 25.8 Å². The summed E-state index contributed by atoms with van der Waals surface area (Å²) in [7, 11) is 0. The van der Waals surface area contributed by atoms with Crippen molar-refractivity contribution in [3.8, 4) is 0 Å². The molecule has 0 fully saturated rings. The molecule has 0 unspecified atom stereocenters. The van der Waals surface area contributed by atoms with E-state index in [1.54, 1.807) is 11.8 Å². The van der Waals surface area contributed by atoms with Crippen molar-refractivity contribution in [2.75, 3.05) is 18.1 Å². The Morgan fingerprint density at radius 3 is 3.00 bits per heavy atom. The second-order valence-electron chi connectivity index (χ2n) is 3.22. The predicted molar refractivity (Wildman–Crippen MR) is 72.1 cm³/mol. The molecule has 0 spiro atoms. The molecule has 1 aromatic heterocycles. The van der Waals surface area contributed by atoms with Crippen LogP contribution in [0.3, 0.4) is 0 Å². The van der Waals surface area contributed by atoms with Crippen LogP contribution in [0, 0.1) is 6.92 Å². The summed E-state index contributed by atoms with van der Waals surface area (Å²) in [5, 5.41) is 2.67. The lowest BCUT2D eigenvalue weighted by Gasteiger charge is -2.04. The highest BCUT2D eigenvalue weighted by atomic mass is 32.2. The molecule has 1 rings (SSSR count). The summed E-state index contributed by atoms with van der Waals surface area (Å²) in [6, 6.07) is -0.131. The number of hydrogen-bond acceptors (Lipinski definition) is 5. The van der Waals surface area contributed by atoms with Crippen LogP contribution < -0.4 is 10.0 Å². The van der Waals surface area contributed by atoms with Gasteiger partial charge in [0.05, 0.1) is 11.4 Å². The number of nitrogens with zero attached hydrogens (tertiary/aromatic N) is 1. The van der Waals surface area contributed by atoms with Crippen LogP contribution in [0.4, 0.5) is 4.79 Å². The smallest absolute Gasteiger partial charge is 0.324 e. The zero-order valence-electron chi connectivity index (χ0n) is 9.99. The lowest BCUT2D eigenvalue weighted by Crippen LogP contribution is -2.31. The number of rotatable bonds is 7. The number of thioether (sulfide) groups is 1. The molecule has 2 N–H and O–H groups in total. The molecule has 1 aromatic rings. The third-order valence-electron chi connectivity index (χ3n) is 1.91. The fourth-order valence-electron chi connectivity index (χ4n) is 1.04. The number of carbonyl (C=O) groups excluding carboxylic acids is 1. The number of carbonyl (C=O) groups is 1. The van der Waals surface area contributed by atoms with Gasteiger partial charge in [0, 0.05) is 18.1 Å². The van der Waals surface area contributed by atoms with E-state index in [0.717, 1.165) is 28.7 Å². The van der Waals surface area contributed by atoms with Gasteiger partial charge in [0.2, 0.25) is 0 Å². The van der Waals surface area contributed by atoms with Crippen LogP contribution in [-0.4, -0.2) is 29.1 Å². The first-order valence-electron chi connectivity index (χ1n) is 5.36. The van der Waals surface area contributed by atoms with Crippen molar-refractivity contribution >= 4 is 29.7 Å². The summed E-state index contributed by atoms with van der Waals surface area (Å²) in [6.45, 7) is 4.47. The Labute approximate surface area is 110 Å². The van der Waals surface area contributed by atoms with Crippen LogP contribution in [0.25, 0.3) is 0 Å². The fourth-order valence-corrected chi connectivity index (χ4v) is 2.76. The van der Waals surface area contributed by atoms with Gasteiger partial charge >= 0.3 is 6.03 Å². The van der Waals surface area contributed by atoms with Gasteiger partial charge in [-0.3, -0.25) is 4.72 Å². The van der Waals surface area contributed by atoms with Gasteiger partial charge in [-0.1, -0.05) is 0 Å². The van der Waals surface area contributed by atoms with Crippen LogP contribution in [0.2, 0.25) is 0 Å². The molecule has 96 valence electrons. The van der Waals surface area contributed by atoms with Crippen molar-refractivity contribution in [2.45, 2.75) is 19.6 Å². The average molecular weight is 275 g/mol. The van der Waals surface area contributed by atoms with Crippen LogP contribution >= 0.6 is 23.7 Å². The minimum atomic E-state index is -0.131. The van der Waals surface area contributed by atoms with Crippen molar-refractivity contribution in [3.05, 3.63) is 17.8 Å². The summed E-state index contributed by atoms with van der Waals surface area (Å²) in [5.41, 5.74) is 0.950. The molecule has 5 nitrogen and oxygen atoms in total. The Morgan fingerprint density at radius 2 is 2.35 bits per heavy atom. The maximum Gasteiger partial charge on any atom is 0.324 e. The van der Waals surface area contributed by atoms with E-state index < -0.39 is 0 Å². The summed E-state index contributed by atoms with van der Waals surface area (Å²) in [6.07, 6.45) is 1.47. The van der Waals surface area contributed by atoms with Crippen molar-refractivity contribution < 1.29 is 9.21 Å². The summed E-state index contributed by atoms with van der Waals surface area (Å²) >= 11 is 3.18. The summed E-state index contributed by atoms with van der Waals surface area (Å²) in [5.74, 6) is 3.58. The lowest BCUT2D eigenvalue weighted by atomic mass is 10.4. The standard InChI is InChI=1S/C10H17N3O2S2/c1-3-11-10(14)13-17-5-4-16-6-9-8(2)12-7-15-9/h7H,3-6H2,1-2H3,(H2,11,13,14). The molecule has 0 aliphatic heterocycles. The molecule has 1 heterocycles. The van der Waals surface area contributed by atoms with E-state index in [1.165, 1.54) is 18.3 Å². The van der Waals surface area contributed by atoms with Gasteiger partial charge in [0.1, 0.15) is 5.76 Å². The monoisotopic (exact) mass is 275 g/mol. The Bertz CT molecular complexity index is 344. The number of urea groups is 1. The molecular weight excluding hydrogens is 258 g/mol. The number of oxazole rings is 1. The van der Waals surface area contributed by atoms with E-state index in [9.17, 15) is 4.79 Å². The summed E-state index contributed by atoms with van der Waals surface area (Å²) in [4.78, 5) is 15.1. The largest absolute Gasteiger partial charge is 0.447 e. The van der Waals surface area contributed by atoms with Crippen LogP contribution in [0.5, 0.6) is 0 Å². The van der Waals surface area contributed by atoms with Crippen molar-refractivity contribution in [2.24, 2.45) is 0 Å². The first-order valence-corrected chi connectivity index (χ1v) is 7.50. The quantitative estimate of drug-likeness (QED) is 0.590. The van der Waals surface area contributed by atoms with Gasteiger partial charge in [-0.2, -0.15) is 11.8 Å². The maximum atomic E-state index is 11.0. The second-order valence-corrected chi connectivity index (χ2v) is 5.23. The molecular formula is C10H17N3O2S2. The van der Waals surface area contributed by atoms with E-state index in [2.05, 4.69) is 15.0 Å². The molecule has 17 heavy (non-hydrogen) atoms. The van der Waals surface area contributed by atoms with Crippen LogP contribution in [0.15, 0.2) is 10.8 Å². The minimum absolute atomic E-state index is 0.131. The normalized spacial score (nSPS) is 10.2. The highest BCUT2D eigenvalue weighted by Crippen LogP contribution is 2.15. The SMILES string of the molecule is CCNC(=O)NSCCSCc1ocnc1C. The zero-order valence-corrected chi connectivity index (χ0v) is 11.6. The highest BCUT2D eigenvalue weighted by molar-refractivity contribution is 8.01. The molecule has 0 atom stereocenters. The Kier molecular flexibility index (Phi) is 6.95. The van der Waals surface area contributed by atoms with Gasteiger partial charge in [-0.15, -0.1) is 0 Å². The molecule has 0 bridgehead atoms. The van der Waals surface area contributed by atoms with E-state index in [-0.39, 0.29) is 6.03 Å². The van der Waals surface area contributed by atoms with E-state index in [0.29, 0.717) is 6.54 Å². The fraction of sp³-hybridized carbons (Fsp3) is 0.600. The summed E-state index contributed by atoms with van der Waals surface area (Å²) < 4.78 is 7.93. The average Bonchev–Trinajstić information content (AvgIpc) is 2.70. The second kappa shape index (κ2) is 8.30. The van der Waals surface area contributed by atoms with E-state index in [1.807, 2.05) is 13.8 Å². The van der Waals surface area contributed by atoms with Crippen molar-refractivity contribution in [1.29, 1.82) is 0 Å². The minimum Gasteiger partial charge on any atom is -0.447 e. The van der Waals surface area contributed by atoms with Gasteiger partial charge in [0.25, 0.3) is 0 Å². The number of hydrogen-bond donors (Lipinski definition) is 2. The number of amides is 2.